The van der Waals surface area contributed by atoms with Gasteiger partial charge in [0, 0.05) is 13.1 Å². The maximum Gasteiger partial charge on any atom is 0.185 e. The number of aliphatic hydroxyl groups is 1. The Bertz CT molecular complexity index is 344. The summed E-state index contributed by atoms with van der Waals surface area (Å²) in [5.41, 5.74) is 1.10. The highest BCUT2D eigenvalue weighted by molar-refractivity contribution is 7.15. The van der Waals surface area contributed by atoms with Crippen LogP contribution in [0.4, 0.5) is 5.13 Å². The maximum absolute atomic E-state index is 9.44. The Hall–Kier alpha value is -0.610. The third-order valence-corrected chi connectivity index (χ3v) is 4.37. The zero-order valence-corrected chi connectivity index (χ0v) is 13.4. The zero-order chi connectivity index (χ0) is 14.1. The minimum atomic E-state index is 0.127. The van der Waals surface area contributed by atoms with Crippen molar-refractivity contribution in [2.24, 2.45) is 0 Å². The van der Waals surface area contributed by atoms with E-state index in [1.807, 2.05) is 0 Å². The third-order valence-electron chi connectivity index (χ3n) is 3.23. The van der Waals surface area contributed by atoms with Gasteiger partial charge in [0.25, 0.3) is 0 Å². The first-order valence-corrected chi connectivity index (χ1v) is 8.42. The van der Waals surface area contributed by atoms with Crippen molar-refractivity contribution in [1.29, 1.82) is 0 Å². The van der Waals surface area contributed by atoms with Crippen LogP contribution < -0.4 is 4.90 Å². The van der Waals surface area contributed by atoms with Crippen LogP contribution in [0.25, 0.3) is 0 Å². The number of rotatable bonds is 10. The smallest absolute Gasteiger partial charge is 0.185 e. The first-order chi connectivity index (χ1) is 9.26. The summed E-state index contributed by atoms with van der Waals surface area (Å²) in [5, 5.41) is 10.6. The van der Waals surface area contributed by atoms with Gasteiger partial charge in [-0.2, -0.15) is 0 Å². The zero-order valence-electron chi connectivity index (χ0n) is 12.6. The van der Waals surface area contributed by atoms with E-state index in [1.165, 1.54) is 25.7 Å². The van der Waals surface area contributed by atoms with Crippen molar-refractivity contribution in [2.45, 2.75) is 65.9 Å². The summed E-state index contributed by atoms with van der Waals surface area (Å²) >= 11 is 1.67. The fourth-order valence-corrected chi connectivity index (χ4v) is 3.08. The molecule has 1 rings (SSSR count). The second kappa shape index (κ2) is 9.32. The number of thiazole rings is 1. The lowest BCUT2D eigenvalue weighted by molar-refractivity contribution is 0.284. The van der Waals surface area contributed by atoms with Crippen molar-refractivity contribution < 1.29 is 5.11 Å². The Morgan fingerprint density at radius 2 is 1.68 bits per heavy atom. The molecule has 1 heterocycles. The van der Waals surface area contributed by atoms with E-state index >= 15 is 0 Å². The van der Waals surface area contributed by atoms with E-state index in [0.29, 0.717) is 0 Å². The lowest BCUT2D eigenvalue weighted by Crippen LogP contribution is -2.25. The average molecular weight is 284 g/mol. The summed E-state index contributed by atoms with van der Waals surface area (Å²) in [5.74, 6) is 0. The molecule has 1 N–H and O–H groups in total. The van der Waals surface area contributed by atoms with Gasteiger partial charge in [-0.15, -0.1) is 0 Å². The maximum atomic E-state index is 9.44. The summed E-state index contributed by atoms with van der Waals surface area (Å²) in [6.07, 6.45) is 6.90. The van der Waals surface area contributed by atoms with Crippen LogP contribution in [-0.2, 0) is 13.0 Å². The summed E-state index contributed by atoms with van der Waals surface area (Å²) < 4.78 is 0. The molecule has 0 aliphatic carbocycles. The number of unbranched alkanes of at least 4 members (excludes halogenated alkanes) is 2. The molecule has 0 atom stereocenters. The predicted molar refractivity (Wildman–Crippen MR) is 84.1 cm³/mol. The van der Waals surface area contributed by atoms with Crippen LogP contribution in [0, 0.1) is 0 Å². The highest BCUT2D eigenvalue weighted by Gasteiger charge is 2.14. The molecular formula is C15H28N2OS. The summed E-state index contributed by atoms with van der Waals surface area (Å²) in [6.45, 7) is 8.90. The third kappa shape index (κ3) is 5.11. The normalized spacial score (nSPS) is 10.9. The fourth-order valence-electron chi connectivity index (χ4n) is 2.06. The molecule has 0 aliphatic rings. The van der Waals surface area contributed by atoms with Crippen molar-refractivity contribution in [1.82, 2.24) is 4.98 Å². The van der Waals surface area contributed by atoms with Crippen LogP contribution in [0.1, 0.15) is 63.4 Å². The Balaban J connectivity index is 2.80. The molecule has 1 aromatic rings. The van der Waals surface area contributed by atoms with Crippen molar-refractivity contribution >= 4 is 16.5 Å². The van der Waals surface area contributed by atoms with Gasteiger partial charge >= 0.3 is 0 Å². The number of nitrogens with zero attached hydrogens (tertiary/aromatic N) is 2. The van der Waals surface area contributed by atoms with Crippen LogP contribution >= 0.6 is 11.3 Å². The average Bonchev–Trinajstić information content (AvgIpc) is 2.82. The molecule has 0 amide bonds. The molecule has 0 bridgehead atoms. The standard InChI is InChI=1S/C15H28N2OS/c1-4-7-10-17(11-8-5-2)15-16-13(9-6-3)14(12-18)19-15/h18H,4-12H2,1-3H3. The molecule has 0 spiro atoms. The van der Waals surface area contributed by atoms with Crippen LogP contribution in [0.3, 0.4) is 0 Å². The Labute approximate surface area is 121 Å². The Morgan fingerprint density at radius 1 is 1.05 bits per heavy atom. The van der Waals surface area contributed by atoms with Gasteiger partial charge in [0.1, 0.15) is 0 Å². The van der Waals surface area contributed by atoms with Crippen molar-refractivity contribution in [3.8, 4) is 0 Å². The van der Waals surface area contributed by atoms with E-state index < -0.39 is 0 Å². The molecule has 0 aromatic carbocycles. The molecule has 0 saturated carbocycles. The molecule has 0 aliphatic heterocycles. The lowest BCUT2D eigenvalue weighted by atomic mass is 10.2. The second-order valence-corrected chi connectivity index (χ2v) is 6.03. The van der Waals surface area contributed by atoms with Crippen molar-refractivity contribution in [3.05, 3.63) is 10.6 Å². The second-order valence-electron chi connectivity index (χ2n) is 4.97. The highest BCUT2D eigenvalue weighted by Crippen LogP contribution is 2.28. The van der Waals surface area contributed by atoms with Crippen molar-refractivity contribution in [2.75, 3.05) is 18.0 Å². The van der Waals surface area contributed by atoms with Crippen LogP contribution in [-0.4, -0.2) is 23.2 Å². The van der Waals surface area contributed by atoms with Gasteiger partial charge in [-0.25, -0.2) is 4.98 Å². The lowest BCUT2D eigenvalue weighted by Gasteiger charge is -2.21. The number of aromatic nitrogens is 1. The molecular weight excluding hydrogens is 256 g/mol. The van der Waals surface area contributed by atoms with E-state index in [1.54, 1.807) is 11.3 Å². The number of aliphatic hydroxyl groups excluding tert-OH is 1. The molecule has 110 valence electrons. The molecule has 1 aromatic heterocycles. The topological polar surface area (TPSA) is 36.4 Å². The number of hydrogen-bond donors (Lipinski definition) is 1. The van der Waals surface area contributed by atoms with Gasteiger partial charge in [0.15, 0.2) is 5.13 Å². The summed E-state index contributed by atoms with van der Waals surface area (Å²) in [4.78, 5) is 8.21. The van der Waals surface area contributed by atoms with E-state index in [9.17, 15) is 5.11 Å². The van der Waals surface area contributed by atoms with Gasteiger partial charge in [-0.3, -0.25) is 0 Å². The minimum Gasteiger partial charge on any atom is -0.391 e. The predicted octanol–water partition coefficient (Wildman–Crippen LogP) is 3.99. The van der Waals surface area contributed by atoms with Gasteiger partial charge in [-0.1, -0.05) is 51.4 Å². The molecule has 4 heteroatoms. The SMILES string of the molecule is CCCCN(CCCC)c1nc(CCC)c(CO)s1. The number of aryl methyl sites for hydroxylation is 1. The van der Waals surface area contributed by atoms with E-state index in [4.69, 9.17) is 4.98 Å². The van der Waals surface area contributed by atoms with Crippen LogP contribution in [0.15, 0.2) is 0 Å². The molecule has 19 heavy (non-hydrogen) atoms. The molecule has 3 nitrogen and oxygen atoms in total. The minimum absolute atomic E-state index is 0.127. The van der Waals surface area contributed by atoms with E-state index in [-0.39, 0.29) is 6.61 Å². The number of anilines is 1. The van der Waals surface area contributed by atoms with Gasteiger partial charge in [0.2, 0.25) is 0 Å². The molecule has 0 fully saturated rings. The van der Waals surface area contributed by atoms with E-state index in [2.05, 4.69) is 25.7 Å². The summed E-state index contributed by atoms with van der Waals surface area (Å²) in [6, 6.07) is 0. The Morgan fingerprint density at radius 3 is 2.16 bits per heavy atom. The first-order valence-electron chi connectivity index (χ1n) is 7.61. The molecule has 0 radical (unpaired) electrons. The first kappa shape index (κ1) is 16.4. The van der Waals surface area contributed by atoms with Crippen molar-refractivity contribution in [3.63, 3.8) is 0 Å². The summed E-state index contributed by atoms with van der Waals surface area (Å²) in [7, 11) is 0. The van der Waals surface area contributed by atoms with Gasteiger partial charge in [0.05, 0.1) is 17.2 Å². The van der Waals surface area contributed by atoms with Crippen LogP contribution in [0.2, 0.25) is 0 Å². The van der Waals surface area contributed by atoms with Gasteiger partial charge in [-0.05, 0) is 19.3 Å². The monoisotopic (exact) mass is 284 g/mol. The Kier molecular flexibility index (Phi) is 8.07. The largest absolute Gasteiger partial charge is 0.391 e. The quantitative estimate of drug-likeness (QED) is 0.705. The fraction of sp³-hybridized carbons (Fsp3) is 0.800. The highest BCUT2D eigenvalue weighted by atomic mass is 32.1. The van der Waals surface area contributed by atoms with Gasteiger partial charge < -0.3 is 10.0 Å². The molecule has 0 unspecified atom stereocenters. The van der Waals surface area contributed by atoms with Crippen LogP contribution in [0.5, 0.6) is 0 Å². The molecule has 0 saturated heterocycles. The van der Waals surface area contributed by atoms with E-state index in [0.717, 1.165) is 41.6 Å². The number of hydrogen-bond acceptors (Lipinski definition) is 4.